The van der Waals surface area contributed by atoms with Crippen molar-refractivity contribution >= 4 is 11.8 Å². The van der Waals surface area contributed by atoms with Crippen molar-refractivity contribution in [1.29, 1.82) is 0 Å². The molecule has 5 heteroatoms. The first kappa shape index (κ1) is 12.8. The van der Waals surface area contributed by atoms with Crippen molar-refractivity contribution in [1.82, 2.24) is 4.90 Å². The fourth-order valence-corrected chi connectivity index (χ4v) is 2.49. The third-order valence-electron chi connectivity index (χ3n) is 3.63. The van der Waals surface area contributed by atoms with Crippen LogP contribution in [0, 0.1) is 29.5 Å². The summed E-state index contributed by atoms with van der Waals surface area (Å²) >= 11 is 0. The van der Waals surface area contributed by atoms with Crippen LogP contribution in [0.3, 0.4) is 0 Å². The summed E-state index contributed by atoms with van der Waals surface area (Å²) in [6.07, 6.45) is 0.671. The fourth-order valence-electron chi connectivity index (χ4n) is 2.49. The summed E-state index contributed by atoms with van der Waals surface area (Å²) in [7, 11) is 0. The van der Waals surface area contributed by atoms with E-state index >= 15 is 0 Å². The van der Waals surface area contributed by atoms with Gasteiger partial charge < -0.3 is 5.11 Å². The lowest BCUT2D eigenvalue weighted by molar-refractivity contribution is -0.142. The maximum atomic E-state index is 13.5. The maximum absolute atomic E-state index is 13.5. The number of hydrogen-bond donors (Lipinski definition) is 1. The molecular weight excluding hydrogens is 261 g/mol. The number of rotatable bonds is 2. The first-order valence-corrected chi connectivity index (χ1v) is 6.35. The fraction of sp³-hybridized carbons (Fsp3) is 0.333. The first-order valence-electron chi connectivity index (χ1n) is 6.35. The number of aliphatic hydroxyl groups is 1. The third kappa shape index (κ3) is 2.08. The summed E-state index contributed by atoms with van der Waals surface area (Å²) in [5.74, 6) is 3.87. The monoisotopic (exact) mass is 273 g/mol. The van der Waals surface area contributed by atoms with Gasteiger partial charge in [0.15, 0.2) is 0 Å². The van der Waals surface area contributed by atoms with E-state index in [4.69, 9.17) is 5.11 Å². The van der Waals surface area contributed by atoms with E-state index in [2.05, 4.69) is 11.8 Å². The number of benzene rings is 1. The number of carbonyl (C=O) groups is 2. The standard InChI is InChI=1S/C15H12FNO3/c16-13-4-3-9(6-10(13)2-1-5-18)8-17-14(19)11-7-12(11)15(17)20/h3-4,6,11-12,18H,5,7-8H2. The van der Waals surface area contributed by atoms with Gasteiger partial charge in [-0.15, -0.1) is 0 Å². The van der Waals surface area contributed by atoms with E-state index in [0.717, 1.165) is 0 Å². The van der Waals surface area contributed by atoms with Crippen LogP contribution in [0.1, 0.15) is 17.5 Å². The lowest BCUT2D eigenvalue weighted by atomic mass is 10.1. The zero-order chi connectivity index (χ0) is 14.3. The molecule has 2 fully saturated rings. The van der Waals surface area contributed by atoms with Gasteiger partial charge in [0.1, 0.15) is 12.4 Å². The van der Waals surface area contributed by atoms with Crippen molar-refractivity contribution in [3.63, 3.8) is 0 Å². The molecule has 0 radical (unpaired) electrons. The van der Waals surface area contributed by atoms with Gasteiger partial charge in [0, 0.05) is 0 Å². The van der Waals surface area contributed by atoms with Gasteiger partial charge in [-0.3, -0.25) is 14.5 Å². The predicted molar refractivity (Wildman–Crippen MR) is 67.5 cm³/mol. The Morgan fingerprint density at radius 2 is 2.00 bits per heavy atom. The first-order chi connectivity index (χ1) is 9.61. The highest BCUT2D eigenvalue weighted by molar-refractivity contribution is 6.08. The molecule has 1 aliphatic heterocycles. The minimum Gasteiger partial charge on any atom is -0.384 e. The van der Waals surface area contributed by atoms with E-state index in [1.165, 1.54) is 23.1 Å². The molecule has 102 valence electrons. The van der Waals surface area contributed by atoms with Crippen LogP contribution in [0.25, 0.3) is 0 Å². The molecule has 1 saturated carbocycles. The minimum absolute atomic E-state index is 0.128. The molecule has 1 N–H and O–H groups in total. The van der Waals surface area contributed by atoms with Crippen molar-refractivity contribution in [2.75, 3.05) is 6.61 Å². The van der Waals surface area contributed by atoms with Gasteiger partial charge >= 0.3 is 0 Å². The van der Waals surface area contributed by atoms with E-state index in [1.54, 1.807) is 0 Å². The second kappa shape index (κ2) is 4.73. The van der Waals surface area contributed by atoms with Gasteiger partial charge in [-0.25, -0.2) is 4.39 Å². The summed E-state index contributed by atoms with van der Waals surface area (Å²) in [6, 6.07) is 4.29. The van der Waals surface area contributed by atoms with Crippen LogP contribution in [0.5, 0.6) is 0 Å². The number of hydrogen-bond acceptors (Lipinski definition) is 3. The quantitative estimate of drug-likeness (QED) is 0.636. The van der Waals surface area contributed by atoms with E-state index in [9.17, 15) is 14.0 Å². The third-order valence-corrected chi connectivity index (χ3v) is 3.63. The minimum atomic E-state index is -0.489. The zero-order valence-electron chi connectivity index (χ0n) is 10.6. The van der Waals surface area contributed by atoms with E-state index in [1.807, 2.05) is 0 Å². The van der Waals surface area contributed by atoms with E-state index in [0.29, 0.717) is 12.0 Å². The number of fused-ring (bicyclic) bond motifs is 1. The maximum Gasteiger partial charge on any atom is 0.233 e. The van der Waals surface area contributed by atoms with Gasteiger partial charge in [-0.1, -0.05) is 17.9 Å². The molecule has 1 aromatic rings. The second-order valence-corrected chi connectivity index (χ2v) is 4.99. The number of nitrogens with zero attached hydrogens (tertiary/aromatic N) is 1. The van der Waals surface area contributed by atoms with E-state index < -0.39 is 5.82 Å². The topological polar surface area (TPSA) is 57.6 Å². The Morgan fingerprint density at radius 3 is 2.65 bits per heavy atom. The molecule has 0 spiro atoms. The van der Waals surface area contributed by atoms with Gasteiger partial charge in [-0.2, -0.15) is 0 Å². The second-order valence-electron chi connectivity index (χ2n) is 4.99. The van der Waals surface area contributed by atoms with Crippen molar-refractivity contribution in [3.8, 4) is 11.8 Å². The molecule has 0 bridgehead atoms. The average molecular weight is 273 g/mol. The number of piperidine rings is 1. The number of carbonyl (C=O) groups excluding carboxylic acids is 2. The Hall–Kier alpha value is -2.19. The van der Waals surface area contributed by atoms with Crippen molar-refractivity contribution in [2.24, 2.45) is 11.8 Å². The van der Waals surface area contributed by atoms with Crippen LogP contribution in [0.4, 0.5) is 4.39 Å². The molecule has 0 aromatic heterocycles. The predicted octanol–water partition coefficient (Wildman–Crippen LogP) is 0.674. The molecule has 2 unspecified atom stereocenters. The highest BCUT2D eigenvalue weighted by Gasteiger charge is 2.58. The summed E-state index contributed by atoms with van der Waals surface area (Å²) in [5, 5.41) is 8.63. The SMILES string of the molecule is O=C1C2CC2C(=O)N1Cc1ccc(F)c(C#CCO)c1. The van der Waals surface area contributed by atoms with Crippen molar-refractivity contribution in [3.05, 3.63) is 35.1 Å². The molecule has 1 saturated heterocycles. The Balaban J connectivity index is 1.81. The normalized spacial score (nSPS) is 23.4. The molecule has 2 amide bonds. The Kier molecular flexibility index (Phi) is 3.03. The van der Waals surface area contributed by atoms with E-state index in [-0.39, 0.29) is 42.4 Å². The molecule has 1 aliphatic carbocycles. The molecule has 2 atom stereocenters. The summed E-state index contributed by atoms with van der Waals surface area (Å²) in [5.41, 5.74) is 0.803. The zero-order valence-corrected chi connectivity index (χ0v) is 10.6. The van der Waals surface area contributed by atoms with Gasteiger partial charge in [-0.05, 0) is 24.1 Å². The largest absolute Gasteiger partial charge is 0.384 e. The van der Waals surface area contributed by atoms with Gasteiger partial charge in [0.2, 0.25) is 11.8 Å². The number of likely N-dealkylation sites (tertiary alicyclic amines) is 1. The lowest BCUT2D eigenvalue weighted by Crippen LogP contribution is -2.32. The van der Waals surface area contributed by atoms with Crippen LogP contribution >= 0.6 is 0 Å². The van der Waals surface area contributed by atoms with Crippen LogP contribution in [0.2, 0.25) is 0 Å². The van der Waals surface area contributed by atoms with Gasteiger partial charge in [0.25, 0.3) is 0 Å². The Labute approximate surface area is 115 Å². The summed E-state index contributed by atoms with van der Waals surface area (Å²) < 4.78 is 13.5. The molecule has 4 nitrogen and oxygen atoms in total. The number of aliphatic hydroxyl groups excluding tert-OH is 1. The number of halogens is 1. The molecule has 1 heterocycles. The van der Waals surface area contributed by atoms with Crippen LogP contribution < -0.4 is 0 Å². The van der Waals surface area contributed by atoms with Crippen molar-refractivity contribution in [2.45, 2.75) is 13.0 Å². The summed E-state index contributed by atoms with van der Waals surface area (Å²) in [6.45, 7) is -0.200. The molecule has 20 heavy (non-hydrogen) atoms. The summed E-state index contributed by atoms with van der Waals surface area (Å²) in [4.78, 5) is 24.9. The van der Waals surface area contributed by atoms with Gasteiger partial charge in [0.05, 0.1) is 23.9 Å². The highest BCUT2D eigenvalue weighted by atomic mass is 19.1. The Bertz CT molecular complexity index is 639. The highest BCUT2D eigenvalue weighted by Crippen LogP contribution is 2.47. The average Bonchev–Trinajstić information content (AvgIpc) is 3.19. The lowest BCUT2D eigenvalue weighted by Gasteiger charge is -2.16. The molecule has 1 aromatic carbocycles. The van der Waals surface area contributed by atoms with Crippen LogP contribution in [-0.2, 0) is 16.1 Å². The smallest absolute Gasteiger partial charge is 0.233 e. The van der Waals surface area contributed by atoms with Crippen molar-refractivity contribution < 1.29 is 19.1 Å². The van der Waals surface area contributed by atoms with Crippen LogP contribution in [-0.4, -0.2) is 28.4 Å². The molecule has 3 rings (SSSR count). The molecular formula is C15H12FNO3. The number of amides is 2. The van der Waals surface area contributed by atoms with Crippen LogP contribution in [0.15, 0.2) is 18.2 Å². The molecule has 2 aliphatic rings. The number of imide groups is 1. The Morgan fingerprint density at radius 1 is 1.30 bits per heavy atom.